The van der Waals surface area contributed by atoms with Crippen LogP contribution < -0.4 is 15.5 Å². The molecule has 2 aliphatic heterocycles. The fraction of sp³-hybridized carbons (Fsp3) is 0.345. The van der Waals surface area contributed by atoms with E-state index in [0.29, 0.717) is 13.1 Å². The second kappa shape index (κ2) is 11.9. The number of morpholine rings is 1. The number of carbonyl (C=O) groups is 1. The Morgan fingerprint density at radius 1 is 0.778 bits per heavy atom. The molecule has 0 atom stereocenters. The minimum atomic E-state index is 0.112. The van der Waals surface area contributed by atoms with Gasteiger partial charge in [-0.2, -0.15) is 0 Å². The Bertz CT molecular complexity index is 1110. The maximum Gasteiger partial charge on any atom is 0.253 e. The van der Waals surface area contributed by atoms with E-state index in [1.54, 1.807) is 0 Å². The summed E-state index contributed by atoms with van der Waals surface area (Å²) < 4.78 is 5.46. The van der Waals surface area contributed by atoms with Gasteiger partial charge in [0, 0.05) is 69.3 Å². The molecule has 2 fully saturated rings. The van der Waals surface area contributed by atoms with Crippen molar-refractivity contribution in [3.8, 4) is 0 Å². The smallest absolute Gasteiger partial charge is 0.253 e. The highest BCUT2D eigenvalue weighted by molar-refractivity contribution is 5.94. The standard InChI is InChI=1S/C29H35N5O2/c35-29(24-7-3-1-4-8-24)34-17-15-33(16-18-34)26-11-12-27(30-13-14-32-19-21-36-22-20-32)28(23-26)31-25-9-5-2-6-10-25/h1-12,23,30-31H,13-22H2. The van der Waals surface area contributed by atoms with E-state index in [4.69, 9.17) is 4.74 Å². The Morgan fingerprint density at radius 3 is 2.19 bits per heavy atom. The Kier molecular flexibility index (Phi) is 8.00. The highest BCUT2D eigenvalue weighted by Gasteiger charge is 2.23. The van der Waals surface area contributed by atoms with E-state index in [2.05, 4.69) is 50.8 Å². The lowest BCUT2D eigenvalue weighted by Crippen LogP contribution is -2.48. The minimum Gasteiger partial charge on any atom is -0.382 e. The van der Waals surface area contributed by atoms with Gasteiger partial charge in [-0.05, 0) is 42.5 Å². The van der Waals surface area contributed by atoms with Gasteiger partial charge >= 0.3 is 0 Å². The topological polar surface area (TPSA) is 60.1 Å². The Hall–Kier alpha value is -3.55. The van der Waals surface area contributed by atoms with E-state index in [1.165, 1.54) is 5.69 Å². The van der Waals surface area contributed by atoms with Gasteiger partial charge in [0.05, 0.1) is 24.6 Å². The number of piperazine rings is 1. The number of nitrogens with zero attached hydrogens (tertiary/aromatic N) is 3. The predicted molar refractivity (Wildman–Crippen MR) is 146 cm³/mol. The van der Waals surface area contributed by atoms with Crippen LogP contribution in [0.4, 0.5) is 22.7 Å². The molecule has 188 valence electrons. The largest absolute Gasteiger partial charge is 0.382 e. The number of anilines is 4. The molecule has 0 aromatic heterocycles. The molecule has 0 unspecified atom stereocenters. The van der Waals surface area contributed by atoms with Crippen molar-refractivity contribution in [2.75, 3.05) is 81.1 Å². The van der Waals surface area contributed by atoms with Gasteiger partial charge in [-0.1, -0.05) is 36.4 Å². The lowest BCUT2D eigenvalue weighted by atomic mass is 10.1. The molecule has 0 spiro atoms. The second-order valence-electron chi connectivity index (χ2n) is 9.25. The number of ether oxygens (including phenoxy) is 1. The van der Waals surface area contributed by atoms with Gasteiger partial charge in [-0.25, -0.2) is 0 Å². The zero-order valence-electron chi connectivity index (χ0n) is 20.7. The zero-order valence-corrected chi connectivity index (χ0v) is 20.7. The van der Waals surface area contributed by atoms with Crippen molar-refractivity contribution in [2.24, 2.45) is 0 Å². The number of carbonyl (C=O) groups excluding carboxylic acids is 1. The number of rotatable bonds is 8. The van der Waals surface area contributed by atoms with Crippen LogP contribution in [-0.2, 0) is 4.74 Å². The van der Waals surface area contributed by atoms with Crippen LogP contribution >= 0.6 is 0 Å². The third kappa shape index (κ3) is 6.17. The number of hydrogen-bond donors (Lipinski definition) is 2. The van der Waals surface area contributed by atoms with Gasteiger partial charge in [-0.3, -0.25) is 9.69 Å². The van der Waals surface area contributed by atoms with Crippen LogP contribution in [0.2, 0.25) is 0 Å². The second-order valence-corrected chi connectivity index (χ2v) is 9.25. The summed E-state index contributed by atoms with van der Waals surface area (Å²) >= 11 is 0. The Labute approximate surface area is 213 Å². The van der Waals surface area contributed by atoms with Crippen molar-refractivity contribution < 1.29 is 9.53 Å². The zero-order chi connectivity index (χ0) is 24.6. The average Bonchev–Trinajstić information content (AvgIpc) is 2.95. The summed E-state index contributed by atoms with van der Waals surface area (Å²) in [4.78, 5) is 19.6. The molecule has 36 heavy (non-hydrogen) atoms. The van der Waals surface area contributed by atoms with Crippen molar-refractivity contribution >= 4 is 28.7 Å². The van der Waals surface area contributed by atoms with Crippen molar-refractivity contribution in [3.63, 3.8) is 0 Å². The first-order valence-electron chi connectivity index (χ1n) is 12.9. The van der Waals surface area contributed by atoms with Gasteiger partial charge in [0.1, 0.15) is 0 Å². The molecule has 0 aliphatic carbocycles. The van der Waals surface area contributed by atoms with Gasteiger partial charge < -0.3 is 25.2 Å². The van der Waals surface area contributed by atoms with Crippen LogP contribution in [0, 0.1) is 0 Å². The summed E-state index contributed by atoms with van der Waals surface area (Å²) in [5.74, 6) is 0.112. The number of amides is 1. The summed E-state index contributed by atoms with van der Waals surface area (Å²) in [6.07, 6.45) is 0. The molecule has 5 rings (SSSR count). The molecule has 1 amide bonds. The van der Waals surface area contributed by atoms with Crippen molar-refractivity contribution in [3.05, 3.63) is 84.4 Å². The Balaban J connectivity index is 1.25. The van der Waals surface area contributed by atoms with E-state index < -0.39 is 0 Å². The third-order valence-electron chi connectivity index (χ3n) is 6.86. The first-order valence-corrected chi connectivity index (χ1v) is 12.9. The monoisotopic (exact) mass is 485 g/mol. The summed E-state index contributed by atoms with van der Waals surface area (Å²) in [5, 5.41) is 7.24. The fourth-order valence-corrected chi connectivity index (χ4v) is 4.77. The van der Waals surface area contributed by atoms with Crippen LogP contribution in [0.3, 0.4) is 0 Å². The van der Waals surface area contributed by atoms with Crippen LogP contribution in [0.25, 0.3) is 0 Å². The molecule has 2 N–H and O–H groups in total. The Morgan fingerprint density at radius 2 is 1.47 bits per heavy atom. The summed E-state index contributed by atoms with van der Waals surface area (Å²) in [7, 11) is 0. The third-order valence-corrected chi connectivity index (χ3v) is 6.86. The van der Waals surface area contributed by atoms with E-state index in [1.807, 2.05) is 53.4 Å². The molecule has 2 aliphatic rings. The minimum absolute atomic E-state index is 0.112. The molecule has 3 aromatic carbocycles. The van der Waals surface area contributed by atoms with Gasteiger partial charge in [0.15, 0.2) is 0 Å². The molecule has 7 heteroatoms. The van der Waals surface area contributed by atoms with Crippen LogP contribution in [0.15, 0.2) is 78.9 Å². The van der Waals surface area contributed by atoms with Gasteiger partial charge in [0.25, 0.3) is 5.91 Å². The fourth-order valence-electron chi connectivity index (χ4n) is 4.77. The molecule has 3 aromatic rings. The molecular weight excluding hydrogens is 450 g/mol. The van der Waals surface area contributed by atoms with Crippen LogP contribution in [-0.4, -0.2) is 81.3 Å². The highest BCUT2D eigenvalue weighted by Crippen LogP contribution is 2.31. The molecule has 2 heterocycles. The average molecular weight is 486 g/mol. The van der Waals surface area contributed by atoms with E-state index >= 15 is 0 Å². The predicted octanol–water partition coefficient (Wildman–Crippen LogP) is 4.14. The quantitative estimate of drug-likeness (QED) is 0.500. The molecule has 7 nitrogen and oxygen atoms in total. The molecule has 2 saturated heterocycles. The number of para-hydroxylation sites is 1. The van der Waals surface area contributed by atoms with E-state index in [-0.39, 0.29) is 5.91 Å². The summed E-state index contributed by atoms with van der Waals surface area (Å²) in [6.45, 7) is 8.56. The summed E-state index contributed by atoms with van der Waals surface area (Å²) in [6, 6.07) is 26.4. The number of hydrogen-bond acceptors (Lipinski definition) is 6. The maximum absolute atomic E-state index is 12.8. The lowest BCUT2D eigenvalue weighted by molar-refractivity contribution is 0.0398. The first kappa shape index (κ1) is 24.2. The number of benzene rings is 3. The SMILES string of the molecule is O=C(c1ccccc1)N1CCN(c2ccc(NCCN3CCOCC3)c(Nc3ccccc3)c2)CC1. The molecule has 0 saturated carbocycles. The normalized spacial score (nSPS) is 16.6. The van der Waals surface area contributed by atoms with E-state index in [9.17, 15) is 4.79 Å². The van der Waals surface area contributed by atoms with Gasteiger partial charge in [0.2, 0.25) is 0 Å². The van der Waals surface area contributed by atoms with Crippen LogP contribution in [0.5, 0.6) is 0 Å². The lowest BCUT2D eigenvalue weighted by Gasteiger charge is -2.36. The van der Waals surface area contributed by atoms with Crippen molar-refractivity contribution in [2.45, 2.75) is 0 Å². The van der Waals surface area contributed by atoms with Gasteiger partial charge in [-0.15, -0.1) is 0 Å². The molecule has 0 bridgehead atoms. The van der Waals surface area contributed by atoms with Crippen molar-refractivity contribution in [1.82, 2.24) is 9.80 Å². The summed E-state index contributed by atoms with van der Waals surface area (Å²) in [5.41, 5.74) is 5.13. The number of nitrogens with one attached hydrogen (secondary N) is 2. The van der Waals surface area contributed by atoms with E-state index in [0.717, 1.165) is 75.1 Å². The molecular formula is C29H35N5O2. The highest BCUT2D eigenvalue weighted by atomic mass is 16.5. The molecule has 0 radical (unpaired) electrons. The van der Waals surface area contributed by atoms with Crippen LogP contribution in [0.1, 0.15) is 10.4 Å². The first-order chi connectivity index (χ1) is 17.8. The van der Waals surface area contributed by atoms with Crippen molar-refractivity contribution in [1.29, 1.82) is 0 Å². The maximum atomic E-state index is 12.8.